The zero-order chi connectivity index (χ0) is 20.2. The molecular formula is C22H32N6O. The van der Waals surface area contributed by atoms with Crippen LogP contribution < -0.4 is 10.2 Å². The molecule has 156 valence electrons. The third kappa shape index (κ3) is 7.02. The molecule has 2 heterocycles. The van der Waals surface area contributed by atoms with Crippen LogP contribution in [0.3, 0.4) is 0 Å². The van der Waals surface area contributed by atoms with E-state index in [9.17, 15) is 0 Å². The topological polar surface area (TPSA) is 65.9 Å². The van der Waals surface area contributed by atoms with Crippen LogP contribution in [0.25, 0.3) is 0 Å². The fourth-order valence-electron chi connectivity index (χ4n) is 3.26. The number of unbranched alkanes of at least 4 members (excludes halogenated alkanes) is 1. The van der Waals surface area contributed by atoms with Gasteiger partial charge >= 0.3 is 0 Å². The molecular weight excluding hydrogens is 364 g/mol. The Labute approximate surface area is 173 Å². The normalized spacial score (nSPS) is 14.9. The smallest absolute Gasteiger partial charge is 0.225 e. The van der Waals surface area contributed by atoms with Crippen LogP contribution in [0, 0.1) is 0 Å². The van der Waals surface area contributed by atoms with Gasteiger partial charge in [-0.2, -0.15) is 0 Å². The van der Waals surface area contributed by atoms with Gasteiger partial charge in [0.1, 0.15) is 0 Å². The number of anilines is 1. The Morgan fingerprint density at radius 2 is 1.79 bits per heavy atom. The molecule has 0 aliphatic carbocycles. The van der Waals surface area contributed by atoms with Crippen molar-refractivity contribution in [3.8, 4) is 0 Å². The maximum Gasteiger partial charge on any atom is 0.225 e. The summed E-state index contributed by atoms with van der Waals surface area (Å²) in [5, 5.41) is 3.43. The highest BCUT2D eigenvalue weighted by atomic mass is 16.5. The number of piperazine rings is 1. The molecule has 0 unspecified atom stereocenters. The van der Waals surface area contributed by atoms with Crippen molar-refractivity contribution < 1.29 is 4.74 Å². The largest absolute Gasteiger partial charge is 0.377 e. The minimum absolute atomic E-state index is 0.683. The quantitative estimate of drug-likeness (QED) is 0.399. The minimum Gasteiger partial charge on any atom is -0.377 e. The van der Waals surface area contributed by atoms with E-state index in [2.05, 4.69) is 44.1 Å². The third-order valence-electron chi connectivity index (χ3n) is 4.82. The van der Waals surface area contributed by atoms with Crippen molar-refractivity contribution in [1.29, 1.82) is 0 Å². The van der Waals surface area contributed by atoms with Crippen molar-refractivity contribution in [3.05, 3.63) is 54.4 Å². The summed E-state index contributed by atoms with van der Waals surface area (Å²) in [6.45, 7) is 8.91. The zero-order valence-corrected chi connectivity index (χ0v) is 17.3. The predicted molar refractivity (Wildman–Crippen MR) is 117 cm³/mol. The van der Waals surface area contributed by atoms with Gasteiger partial charge in [0.25, 0.3) is 0 Å². The van der Waals surface area contributed by atoms with E-state index in [0.717, 1.165) is 70.6 Å². The second kappa shape index (κ2) is 12.0. The molecule has 7 nitrogen and oxygen atoms in total. The number of aromatic nitrogens is 2. The van der Waals surface area contributed by atoms with E-state index >= 15 is 0 Å². The lowest BCUT2D eigenvalue weighted by atomic mass is 10.2. The molecule has 0 amide bonds. The van der Waals surface area contributed by atoms with E-state index in [1.54, 1.807) is 12.4 Å². The number of hydrogen-bond donors (Lipinski definition) is 1. The molecule has 29 heavy (non-hydrogen) atoms. The fourth-order valence-corrected chi connectivity index (χ4v) is 3.26. The van der Waals surface area contributed by atoms with Crippen LogP contribution in [0.15, 0.2) is 53.8 Å². The van der Waals surface area contributed by atoms with Crippen LogP contribution in [0.5, 0.6) is 0 Å². The number of rotatable bonds is 9. The minimum atomic E-state index is 0.683. The van der Waals surface area contributed by atoms with Crippen molar-refractivity contribution in [2.24, 2.45) is 4.99 Å². The van der Waals surface area contributed by atoms with Crippen LogP contribution in [0.1, 0.15) is 25.3 Å². The van der Waals surface area contributed by atoms with Gasteiger partial charge in [0.2, 0.25) is 5.95 Å². The molecule has 1 aliphatic rings. The average Bonchev–Trinajstić information content (AvgIpc) is 2.79. The van der Waals surface area contributed by atoms with Crippen molar-refractivity contribution in [3.63, 3.8) is 0 Å². The molecule has 0 bridgehead atoms. The van der Waals surface area contributed by atoms with E-state index in [1.165, 1.54) is 5.56 Å². The Bertz CT molecular complexity index is 717. The molecule has 1 aromatic heterocycles. The summed E-state index contributed by atoms with van der Waals surface area (Å²) in [6.07, 6.45) is 5.64. The number of guanidine groups is 1. The molecule has 7 heteroatoms. The third-order valence-corrected chi connectivity index (χ3v) is 4.82. The monoisotopic (exact) mass is 396 g/mol. The summed E-state index contributed by atoms with van der Waals surface area (Å²) in [6, 6.07) is 12.2. The molecule has 1 aliphatic heterocycles. The molecule has 0 spiro atoms. The van der Waals surface area contributed by atoms with Crippen molar-refractivity contribution in [2.75, 3.05) is 50.8 Å². The highest BCUT2D eigenvalue weighted by Crippen LogP contribution is 2.10. The predicted octanol–water partition coefficient (Wildman–Crippen LogP) is 2.56. The summed E-state index contributed by atoms with van der Waals surface area (Å²) in [4.78, 5) is 18.1. The van der Waals surface area contributed by atoms with E-state index in [-0.39, 0.29) is 0 Å². The van der Waals surface area contributed by atoms with Crippen molar-refractivity contribution in [1.82, 2.24) is 20.2 Å². The van der Waals surface area contributed by atoms with Crippen LogP contribution in [0.4, 0.5) is 5.95 Å². The van der Waals surface area contributed by atoms with Gasteiger partial charge in [0.15, 0.2) is 5.96 Å². The zero-order valence-electron chi connectivity index (χ0n) is 17.3. The lowest BCUT2D eigenvalue weighted by Crippen LogP contribution is -2.53. The first kappa shape index (κ1) is 21.0. The average molecular weight is 397 g/mol. The molecule has 1 saturated heterocycles. The number of benzene rings is 1. The number of nitrogens with one attached hydrogen (secondary N) is 1. The second-order valence-electron chi connectivity index (χ2n) is 7.00. The molecule has 3 rings (SSSR count). The van der Waals surface area contributed by atoms with Gasteiger partial charge in [-0.05, 0) is 31.4 Å². The number of aliphatic imine (C=N–C) groups is 1. The molecule has 1 N–H and O–H groups in total. The highest BCUT2D eigenvalue weighted by molar-refractivity contribution is 5.80. The summed E-state index contributed by atoms with van der Waals surface area (Å²) in [5.74, 6) is 1.82. The fraction of sp³-hybridized carbons (Fsp3) is 0.500. The molecule has 0 saturated carbocycles. The lowest BCUT2D eigenvalue weighted by Gasteiger charge is -2.36. The highest BCUT2D eigenvalue weighted by Gasteiger charge is 2.20. The standard InChI is InChI=1S/C22H32N6O/c1-2-23-21(24-11-6-7-18-29-19-20-9-4-3-5-10-20)27-14-16-28(17-15-27)22-25-12-8-13-26-22/h3-5,8-10,12-13H,2,6-7,11,14-19H2,1H3,(H,23,24). The Balaban J connectivity index is 1.36. The number of ether oxygens (including phenoxy) is 1. The van der Waals surface area contributed by atoms with Crippen LogP contribution in [-0.4, -0.2) is 66.7 Å². The first-order valence-corrected chi connectivity index (χ1v) is 10.5. The summed E-state index contributed by atoms with van der Waals surface area (Å²) >= 11 is 0. The number of nitrogens with zero attached hydrogens (tertiary/aromatic N) is 5. The van der Waals surface area contributed by atoms with E-state index in [1.807, 2.05) is 24.3 Å². The Hall–Kier alpha value is -2.67. The summed E-state index contributed by atoms with van der Waals surface area (Å²) in [7, 11) is 0. The van der Waals surface area contributed by atoms with Gasteiger partial charge in [-0.1, -0.05) is 30.3 Å². The van der Waals surface area contributed by atoms with Gasteiger partial charge in [-0.15, -0.1) is 0 Å². The first-order valence-electron chi connectivity index (χ1n) is 10.5. The van der Waals surface area contributed by atoms with E-state index < -0.39 is 0 Å². The molecule has 1 aromatic carbocycles. The Kier molecular flexibility index (Phi) is 8.72. The Morgan fingerprint density at radius 1 is 1.03 bits per heavy atom. The summed E-state index contributed by atoms with van der Waals surface area (Å²) < 4.78 is 5.75. The maximum atomic E-state index is 5.75. The van der Waals surface area contributed by atoms with Crippen molar-refractivity contribution in [2.45, 2.75) is 26.4 Å². The van der Waals surface area contributed by atoms with Gasteiger partial charge in [0.05, 0.1) is 6.61 Å². The van der Waals surface area contributed by atoms with Gasteiger partial charge in [-0.3, -0.25) is 4.99 Å². The molecule has 0 atom stereocenters. The van der Waals surface area contributed by atoms with Gasteiger partial charge in [-0.25, -0.2) is 9.97 Å². The first-order chi connectivity index (χ1) is 14.4. The molecule has 1 fully saturated rings. The van der Waals surface area contributed by atoms with Gasteiger partial charge < -0.3 is 19.9 Å². The van der Waals surface area contributed by atoms with Gasteiger partial charge in [0, 0.05) is 58.3 Å². The Morgan fingerprint density at radius 3 is 2.52 bits per heavy atom. The molecule has 0 radical (unpaired) electrons. The van der Waals surface area contributed by atoms with E-state index in [4.69, 9.17) is 9.73 Å². The SMILES string of the molecule is CCNC(=NCCCCOCc1ccccc1)N1CCN(c2ncccn2)CC1. The second-order valence-corrected chi connectivity index (χ2v) is 7.00. The maximum absolute atomic E-state index is 5.75. The van der Waals surface area contributed by atoms with Crippen LogP contribution in [0.2, 0.25) is 0 Å². The van der Waals surface area contributed by atoms with Crippen LogP contribution >= 0.6 is 0 Å². The molecule has 2 aromatic rings. The number of hydrogen-bond acceptors (Lipinski definition) is 5. The van der Waals surface area contributed by atoms with Crippen LogP contribution in [-0.2, 0) is 11.3 Å². The van der Waals surface area contributed by atoms with Crippen molar-refractivity contribution >= 4 is 11.9 Å². The summed E-state index contributed by atoms with van der Waals surface area (Å²) in [5.41, 5.74) is 1.22. The lowest BCUT2D eigenvalue weighted by molar-refractivity contribution is 0.117. The van der Waals surface area contributed by atoms with E-state index in [0.29, 0.717) is 6.61 Å².